The average Bonchev–Trinajstić information content (AvgIpc) is 2.76. The number of oxime groups is 1. The summed E-state index contributed by atoms with van der Waals surface area (Å²) in [7, 11) is -1.19. The summed E-state index contributed by atoms with van der Waals surface area (Å²) in [4.78, 5) is 30.9. The van der Waals surface area contributed by atoms with Gasteiger partial charge in [-0.1, -0.05) is 55.2 Å². The van der Waals surface area contributed by atoms with Crippen molar-refractivity contribution in [2.24, 2.45) is 11.1 Å². The second kappa shape index (κ2) is 13.3. The summed E-state index contributed by atoms with van der Waals surface area (Å²) >= 11 is 5.50. The minimum Gasteiger partial charge on any atom is -0.430 e. The van der Waals surface area contributed by atoms with Crippen LogP contribution in [0.4, 0.5) is 0 Å². The van der Waals surface area contributed by atoms with Crippen LogP contribution in [0, 0.1) is 5.92 Å². The monoisotopic (exact) mass is 479 g/mol. The summed E-state index contributed by atoms with van der Waals surface area (Å²) in [5.41, 5.74) is 2.12. The molecule has 8 heteroatoms. The lowest BCUT2D eigenvalue weighted by molar-refractivity contribution is -0.137. The van der Waals surface area contributed by atoms with Crippen LogP contribution in [0.3, 0.4) is 0 Å². The first kappa shape index (κ1) is 26.0. The quantitative estimate of drug-likeness (QED) is 0.186. The second-order valence-corrected chi connectivity index (χ2v) is 9.81. The molecule has 2 rings (SSSR count). The van der Waals surface area contributed by atoms with Gasteiger partial charge in [0.2, 0.25) is 0 Å². The van der Waals surface area contributed by atoms with Gasteiger partial charge in [-0.3, -0.25) is 13.8 Å². The topological polar surface area (TPSA) is 82.0 Å². The molecule has 0 saturated heterocycles. The summed E-state index contributed by atoms with van der Waals surface area (Å²) in [6.45, 7) is 5.37. The highest BCUT2D eigenvalue weighted by Crippen LogP contribution is 2.34. The van der Waals surface area contributed by atoms with E-state index in [0.29, 0.717) is 36.3 Å². The molecule has 0 radical (unpaired) electrons. The fraction of sp³-hybridized carbons (Fsp3) is 0.458. The minimum atomic E-state index is -1.19. The molecule has 6 nitrogen and oxygen atoms in total. The van der Waals surface area contributed by atoms with Crippen molar-refractivity contribution < 1.29 is 23.4 Å². The van der Waals surface area contributed by atoms with Crippen LogP contribution in [0.25, 0.3) is 0 Å². The van der Waals surface area contributed by atoms with Crippen LogP contribution < -0.4 is 0 Å². The Labute approximate surface area is 197 Å². The predicted octanol–water partition coefficient (Wildman–Crippen LogP) is 5.29. The number of hydrogen-bond acceptors (Lipinski definition) is 6. The number of carbonyl (C=O) groups is 2. The molecule has 0 heterocycles. The smallest absolute Gasteiger partial charge is 0.307 e. The molecule has 0 N–H and O–H groups in total. The number of halogens is 1. The summed E-state index contributed by atoms with van der Waals surface area (Å²) in [5.74, 6) is -0.390. The fourth-order valence-electron chi connectivity index (χ4n) is 3.70. The SMILES string of the molecule is CCCC(=NOC/C=C/Cl)C1=C(OC(C)=O)CC(CC(C)S(=O)c2ccccc2)CC1=O. The summed E-state index contributed by atoms with van der Waals surface area (Å²) in [6, 6.07) is 9.28. The molecule has 0 saturated carbocycles. The lowest BCUT2D eigenvalue weighted by Crippen LogP contribution is -2.28. The molecule has 3 unspecified atom stereocenters. The minimum absolute atomic E-state index is 0.0776. The van der Waals surface area contributed by atoms with Crippen molar-refractivity contribution in [3.8, 4) is 0 Å². The van der Waals surface area contributed by atoms with Gasteiger partial charge in [-0.15, -0.1) is 0 Å². The number of ketones is 1. The molecule has 0 aromatic heterocycles. The molecule has 32 heavy (non-hydrogen) atoms. The van der Waals surface area contributed by atoms with E-state index < -0.39 is 16.8 Å². The van der Waals surface area contributed by atoms with Crippen molar-refractivity contribution in [2.75, 3.05) is 6.61 Å². The van der Waals surface area contributed by atoms with Crippen LogP contribution in [0.1, 0.15) is 52.9 Å². The van der Waals surface area contributed by atoms with E-state index >= 15 is 0 Å². The summed E-state index contributed by atoms with van der Waals surface area (Å²) in [6.07, 6.45) is 4.09. The Morgan fingerprint density at radius 3 is 2.66 bits per heavy atom. The average molecular weight is 480 g/mol. The van der Waals surface area contributed by atoms with E-state index in [1.54, 1.807) is 6.08 Å². The summed E-state index contributed by atoms with van der Waals surface area (Å²) in [5, 5.41) is 3.98. The van der Waals surface area contributed by atoms with E-state index in [2.05, 4.69) is 5.16 Å². The number of esters is 1. The first-order valence-electron chi connectivity index (χ1n) is 10.7. The van der Waals surface area contributed by atoms with Crippen LogP contribution in [0.15, 0.2) is 63.3 Å². The number of nitrogens with zero attached hydrogens (tertiary/aromatic N) is 1. The van der Waals surface area contributed by atoms with Gasteiger partial charge in [0.05, 0.1) is 22.1 Å². The van der Waals surface area contributed by atoms with Gasteiger partial charge in [0.1, 0.15) is 12.4 Å². The Bertz CT molecular complexity index is 910. The molecule has 1 aliphatic rings. The van der Waals surface area contributed by atoms with Gasteiger partial charge in [0, 0.05) is 35.4 Å². The number of rotatable bonds is 11. The van der Waals surface area contributed by atoms with Crippen LogP contribution in [-0.4, -0.2) is 33.5 Å². The van der Waals surface area contributed by atoms with Gasteiger partial charge in [0.25, 0.3) is 0 Å². The molecule has 0 spiro atoms. The van der Waals surface area contributed by atoms with Crippen molar-refractivity contribution in [3.05, 3.63) is 53.3 Å². The first-order valence-corrected chi connectivity index (χ1v) is 12.4. The van der Waals surface area contributed by atoms with Gasteiger partial charge in [-0.25, -0.2) is 0 Å². The molecule has 174 valence electrons. The van der Waals surface area contributed by atoms with Crippen LogP contribution in [-0.2, 0) is 30.0 Å². The maximum Gasteiger partial charge on any atom is 0.307 e. The molecular formula is C24H30ClNO5S. The summed E-state index contributed by atoms with van der Waals surface area (Å²) < 4.78 is 18.3. The Morgan fingerprint density at radius 1 is 1.31 bits per heavy atom. The number of carbonyl (C=O) groups excluding carboxylic acids is 2. The zero-order valence-corrected chi connectivity index (χ0v) is 20.3. The fourth-order valence-corrected chi connectivity index (χ4v) is 5.11. The van der Waals surface area contributed by atoms with E-state index in [4.69, 9.17) is 21.2 Å². The van der Waals surface area contributed by atoms with E-state index in [9.17, 15) is 13.8 Å². The van der Waals surface area contributed by atoms with Crippen molar-refractivity contribution in [1.82, 2.24) is 0 Å². The van der Waals surface area contributed by atoms with E-state index in [-0.39, 0.29) is 30.0 Å². The third-order valence-electron chi connectivity index (χ3n) is 4.99. The van der Waals surface area contributed by atoms with Gasteiger partial charge in [0.15, 0.2) is 5.78 Å². The van der Waals surface area contributed by atoms with Crippen molar-refractivity contribution in [3.63, 3.8) is 0 Å². The van der Waals surface area contributed by atoms with Crippen LogP contribution in [0.5, 0.6) is 0 Å². The third-order valence-corrected chi connectivity index (χ3v) is 6.83. The Morgan fingerprint density at radius 2 is 2.03 bits per heavy atom. The highest BCUT2D eigenvalue weighted by molar-refractivity contribution is 7.85. The van der Waals surface area contributed by atoms with Gasteiger partial charge in [-0.05, 0) is 37.0 Å². The molecule has 1 aliphatic carbocycles. The zero-order chi connectivity index (χ0) is 23.5. The molecule has 0 fully saturated rings. The Kier molecular flexibility index (Phi) is 10.8. The Balaban J connectivity index is 2.25. The molecule has 1 aromatic carbocycles. The number of allylic oxidation sites excluding steroid dienone is 2. The van der Waals surface area contributed by atoms with Gasteiger partial charge < -0.3 is 9.57 Å². The third kappa shape index (κ3) is 7.71. The molecule has 0 bridgehead atoms. The molecule has 0 aliphatic heterocycles. The Hall–Kier alpha value is -2.25. The number of Topliss-reactive ketones (excluding diaryl/α,β-unsaturated/α-hetero) is 1. The first-order chi connectivity index (χ1) is 15.4. The van der Waals surface area contributed by atoms with E-state index in [1.807, 2.05) is 44.2 Å². The predicted molar refractivity (Wildman–Crippen MR) is 127 cm³/mol. The maximum absolute atomic E-state index is 13.1. The lowest BCUT2D eigenvalue weighted by atomic mass is 9.82. The number of ether oxygens (including phenoxy) is 1. The lowest BCUT2D eigenvalue weighted by Gasteiger charge is -2.27. The number of hydrogen-bond donors (Lipinski definition) is 0. The van der Waals surface area contributed by atoms with Crippen molar-refractivity contribution >= 4 is 39.9 Å². The largest absolute Gasteiger partial charge is 0.430 e. The molecule has 0 amide bonds. The van der Waals surface area contributed by atoms with Crippen molar-refractivity contribution in [1.29, 1.82) is 0 Å². The highest BCUT2D eigenvalue weighted by atomic mass is 35.5. The van der Waals surface area contributed by atoms with Gasteiger partial charge in [-0.2, -0.15) is 0 Å². The second-order valence-electron chi connectivity index (χ2n) is 7.69. The molecule has 3 atom stereocenters. The van der Waals surface area contributed by atoms with Crippen LogP contribution >= 0.6 is 11.6 Å². The normalized spacial score (nSPS) is 19.2. The zero-order valence-electron chi connectivity index (χ0n) is 18.7. The highest BCUT2D eigenvalue weighted by Gasteiger charge is 2.34. The molecular weight excluding hydrogens is 450 g/mol. The molecule has 1 aromatic rings. The number of benzene rings is 1. The van der Waals surface area contributed by atoms with E-state index in [1.165, 1.54) is 12.5 Å². The maximum atomic E-state index is 13.1. The standard InChI is InChI=1S/C24H30ClNO5S/c1-4-9-21(26-30-13-8-12-25)24-22(28)15-19(16-23(24)31-18(3)27)14-17(2)32(29)20-10-6-5-7-11-20/h5-8,10-12,17,19H,4,9,13-16H2,1-3H3/b12-8+,26-21?. The van der Waals surface area contributed by atoms with Gasteiger partial charge >= 0.3 is 5.97 Å². The van der Waals surface area contributed by atoms with Crippen molar-refractivity contribution in [2.45, 2.75) is 63.0 Å². The van der Waals surface area contributed by atoms with Crippen LogP contribution in [0.2, 0.25) is 0 Å². The van der Waals surface area contributed by atoms with E-state index in [0.717, 1.165) is 11.3 Å².